The molecule has 5 nitrogen and oxygen atoms in total. The zero-order chi connectivity index (χ0) is 15.0. The molecule has 21 heavy (non-hydrogen) atoms. The molecule has 3 rings (SSSR count). The number of carbonyl (C=O) groups excluding carboxylic acids is 1. The van der Waals surface area contributed by atoms with Crippen LogP contribution in [0.5, 0.6) is 5.75 Å². The fourth-order valence-corrected chi connectivity index (χ4v) is 2.65. The number of benzene rings is 1. The predicted octanol–water partition coefficient (Wildman–Crippen LogP) is 2.37. The van der Waals surface area contributed by atoms with E-state index in [2.05, 4.69) is 11.1 Å². The molecule has 2 heterocycles. The van der Waals surface area contributed by atoms with E-state index in [-0.39, 0.29) is 12.0 Å². The van der Waals surface area contributed by atoms with Crippen molar-refractivity contribution in [3.63, 3.8) is 0 Å². The number of oxazole rings is 1. The van der Waals surface area contributed by atoms with Crippen LogP contribution in [0.25, 0.3) is 0 Å². The summed E-state index contributed by atoms with van der Waals surface area (Å²) in [4.78, 5) is 18.1. The second-order valence-electron chi connectivity index (χ2n) is 5.38. The molecule has 5 heteroatoms. The first-order valence-electron chi connectivity index (χ1n) is 6.98. The number of aryl methyl sites for hydroxylation is 2. The smallest absolute Gasteiger partial charge is 0.291 e. The molecule has 1 aliphatic rings. The van der Waals surface area contributed by atoms with E-state index in [1.807, 2.05) is 18.2 Å². The molecule has 0 unspecified atom stereocenters. The van der Waals surface area contributed by atoms with Crippen LogP contribution in [0.15, 0.2) is 28.7 Å². The van der Waals surface area contributed by atoms with Gasteiger partial charge in [0.05, 0.1) is 12.2 Å². The summed E-state index contributed by atoms with van der Waals surface area (Å²) < 4.78 is 11.2. The number of hydrogen-bond donors (Lipinski definition) is 0. The Labute approximate surface area is 123 Å². The van der Waals surface area contributed by atoms with Crippen LogP contribution in [0, 0.1) is 13.8 Å². The number of likely N-dealkylation sites (N-methyl/N-ethyl adjacent to an activating group) is 1. The van der Waals surface area contributed by atoms with Gasteiger partial charge in [0.2, 0.25) is 5.76 Å². The number of ether oxygens (including phenoxy) is 1. The van der Waals surface area contributed by atoms with Crippen molar-refractivity contribution in [2.24, 2.45) is 0 Å². The van der Waals surface area contributed by atoms with E-state index in [4.69, 9.17) is 9.15 Å². The summed E-state index contributed by atoms with van der Waals surface area (Å²) in [7, 11) is 1.76. The van der Waals surface area contributed by atoms with Crippen LogP contribution >= 0.6 is 0 Å². The van der Waals surface area contributed by atoms with Gasteiger partial charge in [0.1, 0.15) is 11.9 Å². The highest BCUT2D eigenvalue weighted by molar-refractivity contribution is 5.92. The Bertz CT molecular complexity index is 653. The molecule has 0 aliphatic carbocycles. The lowest BCUT2D eigenvalue weighted by Gasteiger charge is -2.20. The zero-order valence-corrected chi connectivity index (χ0v) is 12.4. The predicted molar refractivity (Wildman–Crippen MR) is 77.5 cm³/mol. The normalized spacial score (nSPS) is 16.4. The molecule has 1 aliphatic heterocycles. The highest BCUT2D eigenvalue weighted by atomic mass is 16.5. The first-order chi connectivity index (χ1) is 10.0. The fourth-order valence-electron chi connectivity index (χ4n) is 2.65. The second-order valence-corrected chi connectivity index (χ2v) is 5.38. The lowest BCUT2D eigenvalue weighted by Crippen LogP contribution is -2.36. The molecular weight excluding hydrogens is 268 g/mol. The molecule has 1 amide bonds. The van der Waals surface area contributed by atoms with E-state index in [1.165, 1.54) is 5.56 Å². The topological polar surface area (TPSA) is 55.6 Å². The summed E-state index contributed by atoms with van der Waals surface area (Å²) in [6, 6.07) is 7.97. The van der Waals surface area contributed by atoms with Crippen molar-refractivity contribution in [1.29, 1.82) is 0 Å². The van der Waals surface area contributed by atoms with E-state index >= 15 is 0 Å². The lowest BCUT2D eigenvalue weighted by atomic mass is 10.1. The average molecular weight is 286 g/mol. The Morgan fingerprint density at radius 3 is 2.81 bits per heavy atom. The zero-order valence-electron chi connectivity index (χ0n) is 12.4. The van der Waals surface area contributed by atoms with Crippen LogP contribution in [-0.2, 0) is 6.42 Å². The van der Waals surface area contributed by atoms with Gasteiger partial charge in [-0.25, -0.2) is 4.98 Å². The van der Waals surface area contributed by atoms with E-state index < -0.39 is 0 Å². The van der Waals surface area contributed by atoms with Crippen molar-refractivity contribution in [1.82, 2.24) is 9.88 Å². The SMILES string of the molecule is Cc1nc(C)c(C(=O)N(C)C[C@@H]2Cc3ccccc3O2)o1. The molecule has 1 aromatic carbocycles. The number of para-hydroxylation sites is 1. The van der Waals surface area contributed by atoms with Crippen molar-refractivity contribution in [2.45, 2.75) is 26.4 Å². The van der Waals surface area contributed by atoms with Gasteiger partial charge in [0.15, 0.2) is 5.89 Å². The van der Waals surface area contributed by atoms with E-state index in [1.54, 1.807) is 25.8 Å². The van der Waals surface area contributed by atoms with Gasteiger partial charge in [-0.2, -0.15) is 0 Å². The third-order valence-electron chi connectivity index (χ3n) is 3.64. The summed E-state index contributed by atoms with van der Waals surface area (Å²) in [5.74, 6) is 1.57. The number of hydrogen-bond acceptors (Lipinski definition) is 4. The summed E-state index contributed by atoms with van der Waals surface area (Å²) >= 11 is 0. The van der Waals surface area contributed by atoms with E-state index in [0.717, 1.165) is 12.2 Å². The van der Waals surface area contributed by atoms with Crippen molar-refractivity contribution < 1.29 is 13.9 Å². The third kappa shape index (κ3) is 2.63. The van der Waals surface area contributed by atoms with Crippen molar-refractivity contribution in [2.75, 3.05) is 13.6 Å². The van der Waals surface area contributed by atoms with Crippen molar-refractivity contribution in [3.8, 4) is 5.75 Å². The van der Waals surface area contributed by atoms with Gasteiger partial charge in [0.25, 0.3) is 5.91 Å². The van der Waals surface area contributed by atoms with Gasteiger partial charge in [-0.1, -0.05) is 18.2 Å². The van der Waals surface area contributed by atoms with Crippen LogP contribution in [0.1, 0.15) is 27.7 Å². The molecule has 0 saturated carbocycles. The first-order valence-corrected chi connectivity index (χ1v) is 6.98. The molecule has 0 radical (unpaired) electrons. The minimum absolute atomic E-state index is 0.0133. The maximum Gasteiger partial charge on any atom is 0.291 e. The first kappa shape index (κ1) is 13.7. The number of aromatic nitrogens is 1. The van der Waals surface area contributed by atoms with Gasteiger partial charge in [0, 0.05) is 20.4 Å². The maximum atomic E-state index is 12.4. The van der Waals surface area contributed by atoms with Crippen LogP contribution in [0.2, 0.25) is 0 Å². The van der Waals surface area contributed by atoms with Gasteiger partial charge >= 0.3 is 0 Å². The summed E-state index contributed by atoms with van der Waals surface area (Å²) in [5.41, 5.74) is 1.81. The quantitative estimate of drug-likeness (QED) is 0.869. The molecule has 0 bridgehead atoms. The molecular formula is C16H18N2O3. The highest BCUT2D eigenvalue weighted by Crippen LogP contribution is 2.28. The summed E-state index contributed by atoms with van der Waals surface area (Å²) in [6.07, 6.45) is 0.808. The summed E-state index contributed by atoms with van der Waals surface area (Å²) in [5, 5.41) is 0. The van der Waals surface area contributed by atoms with Crippen molar-refractivity contribution in [3.05, 3.63) is 47.2 Å². The largest absolute Gasteiger partial charge is 0.488 e. The molecule has 0 spiro atoms. The van der Waals surface area contributed by atoms with Crippen LogP contribution in [0.3, 0.4) is 0 Å². The van der Waals surface area contributed by atoms with Crippen LogP contribution in [0.4, 0.5) is 0 Å². The van der Waals surface area contributed by atoms with Gasteiger partial charge in [-0.05, 0) is 18.6 Å². The Morgan fingerprint density at radius 2 is 2.14 bits per heavy atom. The van der Waals surface area contributed by atoms with E-state index in [0.29, 0.717) is 23.9 Å². The minimum Gasteiger partial charge on any atom is -0.488 e. The highest BCUT2D eigenvalue weighted by Gasteiger charge is 2.27. The van der Waals surface area contributed by atoms with Crippen LogP contribution < -0.4 is 4.74 Å². The Morgan fingerprint density at radius 1 is 1.38 bits per heavy atom. The number of nitrogens with zero attached hydrogens (tertiary/aromatic N) is 2. The Kier molecular flexibility index (Phi) is 3.41. The third-order valence-corrected chi connectivity index (χ3v) is 3.64. The molecule has 110 valence electrons. The molecule has 1 atom stereocenters. The van der Waals surface area contributed by atoms with Crippen molar-refractivity contribution >= 4 is 5.91 Å². The van der Waals surface area contributed by atoms with E-state index in [9.17, 15) is 4.79 Å². The summed E-state index contributed by atoms with van der Waals surface area (Å²) in [6.45, 7) is 4.03. The molecule has 1 aromatic heterocycles. The van der Waals surface area contributed by atoms with Gasteiger partial charge in [-0.3, -0.25) is 4.79 Å². The molecule has 0 fully saturated rings. The molecule has 2 aromatic rings. The number of fused-ring (bicyclic) bond motifs is 1. The number of amides is 1. The number of rotatable bonds is 3. The Balaban J connectivity index is 1.66. The van der Waals surface area contributed by atoms with Gasteiger partial charge in [-0.15, -0.1) is 0 Å². The number of carbonyl (C=O) groups is 1. The lowest BCUT2D eigenvalue weighted by molar-refractivity contribution is 0.0697. The van der Waals surface area contributed by atoms with Gasteiger partial charge < -0.3 is 14.1 Å². The van der Waals surface area contributed by atoms with Crippen LogP contribution in [-0.4, -0.2) is 35.5 Å². The maximum absolute atomic E-state index is 12.4. The molecule has 0 saturated heterocycles. The molecule has 0 N–H and O–H groups in total. The monoisotopic (exact) mass is 286 g/mol. The second kappa shape index (κ2) is 5.24. The fraction of sp³-hybridized carbons (Fsp3) is 0.375. The Hall–Kier alpha value is -2.30. The standard InChI is InChI=1S/C16H18N2O3/c1-10-15(20-11(2)17-10)16(19)18(3)9-13-8-12-6-4-5-7-14(12)21-13/h4-7,13H,8-9H2,1-3H3/t13-/m0/s1. The average Bonchev–Trinajstić information content (AvgIpc) is 3.00. The minimum atomic E-state index is -0.160.